The average Bonchev–Trinajstić information content (AvgIpc) is 2.29. The summed E-state index contributed by atoms with van der Waals surface area (Å²) in [7, 11) is -0.365. The van der Waals surface area contributed by atoms with Gasteiger partial charge in [-0.25, -0.2) is 12.7 Å². The van der Waals surface area contributed by atoms with Crippen molar-refractivity contribution in [3.63, 3.8) is 0 Å². The lowest BCUT2D eigenvalue weighted by atomic mass is 10.3. The van der Waals surface area contributed by atoms with Crippen LogP contribution in [0.15, 0.2) is 29.2 Å². The molecule has 0 atom stereocenters. The highest BCUT2D eigenvalue weighted by Crippen LogP contribution is 2.22. The molecular formula is C11H19N3O2S. The highest BCUT2D eigenvalue weighted by molar-refractivity contribution is 7.89. The van der Waals surface area contributed by atoms with Crippen molar-refractivity contribution >= 4 is 15.7 Å². The van der Waals surface area contributed by atoms with E-state index in [9.17, 15) is 8.42 Å². The van der Waals surface area contributed by atoms with E-state index in [0.717, 1.165) is 6.42 Å². The standard InChI is InChI=1S/C11H19N3O2S/c1-14(2)17(15,16)11-7-4-3-6-10(11)13-9-5-8-12/h3-4,6-7,13H,5,8-9,12H2,1-2H3. The second kappa shape index (κ2) is 6.00. The Kier molecular flexibility index (Phi) is 4.92. The lowest BCUT2D eigenvalue weighted by Gasteiger charge is -2.15. The summed E-state index contributed by atoms with van der Waals surface area (Å²) in [5.41, 5.74) is 6.02. The molecule has 0 saturated carbocycles. The Labute approximate surface area is 103 Å². The number of sulfonamides is 1. The number of rotatable bonds is 6. The predicted molar refractivity (Wildman–Crippen MR) is 69.5 cm³/mol. The quantitative estimate of drug-likeness (QED) is 0.736. The molecule has 0 aliphatic carbocycles. The number of hydrogen-bond acceptors (Lipinski definition) is 4. The second-order valence-electron chi connectivity index (χ2n) is 3.85. The minimum absolute atomic E-state index is 0.294. The van der Waals surface area contributed by atoms with Crippen LogP contribution >= 0.6 is 0 Å². The fraction of sp³-hybridized carbons (Fsp3) is 0.455. The van der Waals surface area contributed by atoms with Gasteiger partial charge >= 0.3 is 0 Å². The lowest BCUT2D eigenvalue weighted by Crippen LogP contribution is -2.23. The van der Waals surface area contributed by atoms with Crippen LogP contribution in [0.1, 0.15) is 6.42 Å². The molecule has 0 radical (unpaired) electrons. The molecule has 6 heteroatoms. The Morgan fingerprint density at radius 1 is 1.29 bits per heavy atom. The Morgan fingerprint density at radius 2 is 1.94 bits per heavy atom. The molecule has 1 rings (SSSR count). The van der Waals surface area contributed by atoms with Crippen molar-refractivity contribution in [2.45, 2.75) is 11.3 Å². The van der Waals surface area contributed by atoms with Gasteiger partial charge in [0.15, 0.2) is 0 Å². The van der Waals surface area contributed by atoms with Gasteiger partial charge in [0.1, 0.15) is 4.90 Å². The third-order valence-electron chi connectivity index (χ3n) is 2.34. The minimum Gasteiger partial charge on any atom is -0.384 e. The molecule has 0 spiro atoms. The second-order valence-corrected chi connectivity index (χ2v) is 5.97. The Bertz CT molecular complexity index is 458. The Balaban J connectivity index is 3.00. The summed E-state index contributed by atoms with van der Waals surface area (Å²) in [5, 5.41) is 3.09. The normalized spacial score (nSPS) is 11.8. The van der Waals surface area contributed by atoms with Crippen LogP contribution in [0.2, 0.25) is 0 Å². The summed E-state index contributed by atoms with van der Waals surface area (Å²) in [4.78, 5) is 0.294. The van der Waals surface area contributed by atoms with E-state index in [4.69, 9.17) is 5.73 Å². The Morgan fingerprint density at radius 3 is 2.53 bits per heavy atom. The zero-order valence-corrected chi connectivity index (χ0v) is 11.0. The van der Waals surface area contributed by atoms with E-state index < -0.39 is 10.0 Å². The summed E-state index contributed by atoms with van der Waals surface area (Å²) in [5.74, 6) is 0. The first-order chi connectivity index (χ1) is 8.00. The summed E-state index contributed by atoms with van der Waals surface area (Å²) in [6.45, 7) is 1.24. The molecule has 17 heavy (non-hydrogen) atoms. The fourth-order valence-corrected chi connectivity index (χ4v) is 2.42. The maximum atomic E-state index is 12.0. The monoisotopic (exact) mass is 257 g/mol. The van der Waals surface area contributed by atoms with Crippen molar-refractivity contribution in [2.75, 3.05) is 32.5 Å². The van der Waals surface area contributed by atoms with Gasteiger partial charge in [-0.05, 0) is 25.1 Å². The van der Waals surface area contributed by atoms with Crippen molar-refractivity contribution in [1.29, 1.82) is 0 Å². The zero-order valence-electron chi connectivity index (χ0n) is 10.2. The van der Waals surface area contributed by atoms with Gasteiger partial charge in [-0.1, -0.05) is 12.1 Å². The van der Waals surface area contributed by atoms with Crippen molar-refractivity contribution in [3.8, 4) is 0 Å². The van der Waals surface area contributed by atoms with Crippen LogP contribution in [0.5, 0.6) is 0 Å². The molecule has 1 aromatic rings. The first-order valence-corrected chi connectivity index (χ1v) is 6.89. The molecule has 0 aliphatic heterocycles. The van der Waals surface area contributed by atoms with Crippen LogP contribution in [0, 0.1) is 0 Å². The van der Waals surface area contributed by atoms with E-state index in [1.165, 1.54) is 18.4 Å². The van der Waals surface area contributed by atoms with Crippen molar-refractivity contribution < 1.29 is 8.42 Å². The van der Waals surface area contributed by atoms with E-state index in [1.54, 1.807) is 24.3 Å². The zero-order chi connectivity index (χ0) is 12.9. The third kappa shape index (κ3) is 3.42. The van der Waals surface area contributed by atoms with E-state index in [-0.39, 0.29) is 0 Å². The van der Waals surface area contributed by atoms with Crippen molar-refractivity contribution in [3.05, 3.63) is 24.3 Å². The molecular weight excluding hydrogens is 238 g/mol. The maximum absolute atomic E-state index is 12.0. The minimum atomic E-state index is -3.41. The van der Waals surface area contributed by atoms with Crippen LogP contribution < -0.4 is 11.1 Å². The topological polar surface area (TPSA) is 75.4 Å². The number of para-hydroxylation sites is 1. The van der Waals surface area contributed by atoms with Gasteiger partial charge in [0, 0.05) is 20.6 Å². The SMILES string of the molecule is CN(C)S(=O)(=O)c1ccccc1NCCCN. The highest BCUT2D eigenvalue weighted by atomic mass is 32.2. The number of nitrogens with zero attached hydrogens (tertiary/aromatic N) is 1. The number of hydrogen-bond donors (Lipinski definition) is 2. The van der Waals surface area contributed by atoms with Crippen LogP contribution in [-0.2, 0) is 10.0 Å². The third-order valence-corrected chi connectivity index (χ3v) is 4.22. The molecule has 0 amide bonds. The first kappa shape index (κ1) is 14.0. The van der Waals surface area contributed by atoms with Gasteiger partial charge in [-0.15, -0.1) is 0 Å². The van der Waals surface area contributed by atoms with E-state index >= 15 is 0 Å². The number of nitrogens with one attached hydrogen (secondary N) is 1. The smallest absolute Gasteiger partial charge is 0.244 e. The summed E-state index contributed by atoms with van der Waals surface area (Å²) < 4.78 is 25.3. The molecule has 0 saturated heterocycles. The number of anilines is 1. The molecule has 0 aromatic heterocycles. The maximum Gasteiger partial charge on any atom is 0.244 e. The van der Waals surface area contributed by atoms with Crippen molar-refractivity contribution in [2.24, 2.45) is 5.73 Å². The Hall–Kier alpha value is -1.11. The number of benzene rings is 1. The highest BCUT2D eigenvalue weighted by Gasteiger charge is 2.20. The lowest BCUT2D eigenvalue weighted by molar-refractivity contribution is 0.521. The molecule has 3 N–H and O–H groups in total. The van der Waals surface area contributed by atoms with Gasteiger partial charge in [-0.2, -0.15) is 0 Å². The first-order valence-electron chi connectivity index (χ1n) is 5.45. The van der Waals surface area contributed by atoms with Gasteiger partial charge in [0.25, 0.3) is 0 Å². The van der Waals surface area contributed by atoms with Gasteiger partial charge in [-0.3, -0.25) is 0 Å². The molecule has 96 valence electrons. The molecule has 5 nitrogen and oxygen atoms in total. The summed E-state index contributed by atoms with van der Waals surface area (Å²) >= 11 is 0. The van der Waals surface area contributed by atoms with Crippen LogP contribution in [-0.4, -0.2) is 39.9 Å². The molecule has 1 aromatic carbocycles. The van der Waals surface area contributed by atoms with Gasteiger partial charge in [0.2, 0.25) is 10.0 Å². The van der Waals surface area contributed by atoms with Crippen LogP contribution in [0.3, 0.4) is 0 Å². The summed E-state index contributed by atoms with van der Waals surface area (Å²) in [6.07, 6.45) is 0.802. The van der Waals surface area contributed by atoms with Gasteiger partial charge < -0.3 is 11.1 Å². The van der Waals surface area contributed by atoms with E-state index in [0.29, 0.717) is 23.7 Å². The van der Waals surface area contributed by atoms with E-state index in [2.05, 4.69) is 5.32 Å². The largest absolute Gasteiger partial charge is 0.384 e. The average molecular weight is 257 g/mol. The van der Waals surface area contributed by atoms with E-state index in [1.807, 2.05) is 0 Å². The molecule has 0 unspecified atom stereocenters. The molecule has 0 heterocycles. The number of nitrogens with two attached hydrogens (primary N) is 1. The summed E-state index contributed by atoms with van der Waals surface area (Å²) in [6, 6.07) is 6.87. The molecule has 0 aliphatic rings. The fourth-order valence-electron chi connectivity index (χ4n) is 1.36. The van der Waals surface area contributed by atoms with Crippen LogP contribution in [0.25, 0.3) is 0 Å². The van der Waals surface area contributed by atoms with Crippen molar-refractivity contribution in [1.82, 2.24) is 4.31 Å². The van der Waals surface area contributed by atoms with Gasteiger partial charge in [0.05, 0.1) is 5.69 Å². The van der Waals surface area contributed by atoms with Crippen LogP contribution in [0.4, 0.5) is 5.69 Å². The molecule has 0 fully saturated rings. The molecule has 0 bridgehead atoms. The predicted octanol–water partition coefficient (Wildman–Crippen LogP) is 0.698.